The molecule has 0 aromatic heterocycles. The summed E-state index contributed by atoms with van der Waals surface area (Å²) in [6, 6.07) is 16.6. The molecule has 0 aliphatic rings. The topological polar surface area (TPSA) is 64.6 Å². The van der Waals surface area contributed by atoms with Gasteiger partial charge in [-0.25, -0.2) is 4.79 Å². The zero-order valence-electron chi connectivity index (χ0n) is 15.6. The van der Waals surface area contributed by atoms with Crippen LogP contribution in [0.2, 0.25) is 0 Å². The van der Waals surface area contributed by atoms with Gasteiger partial charge in [-0.05, 0) is 42.2 Å². The van der Waals surface area contributed by atoms with Crippen LogP contribution < -0.4 is 10.1 Å². The minimum absolute atomic E-state index is 0.0486. The van der Waals surface area contributed by atoms with Crippen LogP contribution in [-0.4, -0.2) is 24.6 Å². The molecule has 138 valence electrons. The number of esters is 1. The van der Waals surface area contributed by atoms with E-state index in [-0.39, 0.29) is 12.0 Å². The van der Waals surface area contributed by atoms with Crippen LogP contribution in [0.5, 0.6) is 5.75 Å². The number of hydrogen-bond donors (Lipinski definition) is 1. The molecule has 0 unspecified atom stereocenters. The normalized spacial score (nSPS) is 12.2. The molecule has 1 atom stereocenters. The van der Waals surface area contributed by atoms with E-state index < -0.39 is 18.0 Å². The number of benzene rings is 2. The summed E-state index contributed by atoms with van der Waals surface area (Å²) in [6.45, 7) is 7.59. The van der Waals surface area contributed by atoms with Gasteiger partial charge < -0.3 is 14.8 Å². The molecule has 1 N–H and O–H groups in total. The van der Waals surface area contributed by atoms with Crippen LogP contribution in [0.25, 0.3) is 0 Å². The van der Waals surface area contributed by atoms with E-state index in [4.69, 9.17) is 9.47 Å². The third kappa shape index (κ3) is 5.92. The molecule has 1 amide bonds. The summed E-state index contributed by atoms with van der Waals surface area (Å²) in [6.07, 6.45) is -0.795. The molecule has 0 radical (unpaired) electrons. The summed E-state index contributed by atoms with van der Waals surface area (Å²) in [5.74, 6) is -0.416. The highest BCUT2D eigenvalue weighted by Gasteiger charge is 2.18. The Balaban J connectivity index is 1.80. The molecule has 0 fully saturated rings. The quantitative estimate of drug-likeness (QED) is 0.797. The Hall–Kier alpha value is -2.82. The van der Waals surface area contributed by atoms with E-state index in [1.807, 2.05) is 42.5 Å². The molecule has 5 nitrogen and oxygen atoms in total. The van der Waals surface area contributed by atoms with E-state index in [0.717, 1.165) is 0 Å². The fourth-order valence-electron chi connectivity index (χ4n) is 2.26. The third-order valence-electron chi connectivity index (χ3n) is 3.77. The number of carbonyl (C=O) groups is 2. The number of hydrogen-bond acceptors (Lipinski definition) is 4. The van der Waals surface area contributed by atoms with Gasteiger partial charge in [0, 0.05) is 5.69 Å². The van der Waals surface area contributed by atoms with Gasteiger partial charge in [-0.15, -0.1) is 0 Å². The second-order valence-electron chi connectivity index (χ2n) is 7.06. The maximum absolute atomic E-state index is 12.0. The lowest BCUT2D eigenvalue weighted by molar-refractivity contribution is -0.153. The van der Waals surface area contributed by atoms with Crippen LogP contribution in [0.1, 0.15) is 33.3 Å². The summed E-state index contributed by atoms with van der Waals surface area (Å²) in [5.41, 5.74) is 1.88. The maximum Gasteiger partial charge on any atom is 0.347 e. The highest BCUT2D eigenvalue weighted by atomic mass is 16.6. The molecule has 0 spiro atoms. The van der Waals surface area contributed by atoms with Crippen molar-refractivity contribution in [2.24, 2.45) is 0 Å². The molecular weight excluding hydrogens is 330 g/mol. The van der Waals surface area contributed by atoms with Crippen molar-refractivity contribution in [3.8, 4) is 5.75 Å². The Morgan fingerprint density at radius 1 is 1.00 bits per heavy atom. The fraction of sp³-hybridized carbons (Fsp3) is 0.333. The summed E-state index contributed by atoms with van der Waals surface area (Å²) >= 11 is 0. The van der Waals surface area contributed by atoms with Gasteiger partial charge >= 0.3 is 5.97 Å². The van der Waals surface area contributed by atoms with Crippen molar-refractivity contribution in [2.75, 3.05) is 11.9 Å². The molecule has 2 rings (SSSR count). The van der Waals surface area contributed by atoms with Crippen LogP contribution >= 0.6 is 0 Å². The van der Waals surface area contributed by atoms with Crippen molar-refractivity contribution in [1.29, 1.82) is 0 Å². The number of nitrogens with one attached hydrogen (secondary N) is 1. The van der Waals surface area contributed by atoms with E-state index in [2.05, 4.69) is 26.1 Å². The van der Waals surface area contributed by atoms with Gasteiger partial charge in [0.15, 0.2) is 12.7 Å². The van der Waals surface area contributed by atoms with Crippen molar-refractivity contribution >= 4 is 17.6 Å². The number of carbonyl (C=O) groups excluding carboxylic acids is 2. The fourth-order valence-corrected chi connectivity index (χ4v) is 2.26. The zero-order chi connectivity index (χ0) is 19.2. The predicted octanol–water partition coefficient (Wildman–Crippen LogP) is 3.93. The monoisotopic (exact) mass is 355 g/mol. The lowest BCUT2D eigenvalue weighted by Crippen LogP contribution is -2.29. The van der Waals surface area contributed by atoms with Gasteiger partial charge in [-0.3, -0.25) is 4.79 Å². The second kappa shape index (κ2) is 8.52. The minimum Gasteiger partial charge on any atom is -0.479 e. The van der Waals surface area contributed by atoms with Gasteiger partial charge in [0.2, 0.25) is 0 Å². The van der Waals surface area contributed by atoms with Crippen LogP contribution in [0.15, 0.2) is 54.6 Å². The Labute approximate surface area is 154 Å². The third-order valence-corrected chi connectivity index (χ3v) is 3.77. The Morgan fingerprint density at radius 3 is 2.19 bits per heavy atom. The predicted molar refractivity (Wildman–Crippen MR) is 101 cm³/mol. The first-order valence-electron chi connectivity index (χ1n) is 8.54. The van der Waals surface area contributed by atoms with Gasteiger partial charge in [-0.1, -0.05) is 51.1 Å². The van der Waals surface area contributed by atoms with E-state index in [1.54, 1.807) is 19.1 Å². The van der Waals surface area contributed by atoms with Crippen molar-refractivity contribution < 1.29 is 19.1 Å². The van der Waals surface area contributed by atoms with E-state index >= 15 is 0 Å². The minimum atomic E-state index is -0.795. The van der Waals surface area contributed by atoms with Gasteiger partial charge in [0.25, 0.3) is 5.91 Å². The number of para-hydroxylation sites is 1. The molecule has 2 aromatic carbocycles. The zero-order valence-corrected chi connectivity index (χ0v) is 15.6. The van der Waals surface area contributed by atoms with Crippen molar-refractivity contribution in [3.05, 3.63) is 60.2 Å². The Bertz CT molecular complexity index is 733. The first-order chi connectivity index (χ1) is 12.3. The van der Waals surface area contributed by atoms with Gasteiger partial charge in [0.1, 0.15) is 5.75 Å². The average molecular weight is 355 g/mol. The van der Waals surface area contributed by atoms with Gasteiger partial charge in [-0.2, -0.15) is 0 Å². The number of anilines is 1. The number of ether oxygens (including phenoxy) is 2. The molecule has 0 saturated heterocycles. The molecule has 0 aliphatic heterocycles. The Kier molecular flexibility index (Phi) is 6.39. The summed E-state index contributed by atoms with van der Waals surface area (Å²) in [4.78, 5) is 23.9. The van der Waals surface area contributed by atoms with Crippen LogP contribution in [0.3, 0.4) is 0 Å². The SMILES string of the molecule is C[C@H](Oc1ccccc1)C(=O)OCC(=O)Nc1ccc(C(C)(C)C)cc1. The highest BCUT2D eigenvalue weighted by Crippen LogP contribution is 2.23. The first kappa shape index (κ1) is 19.5. The van der Waals surface area contributed by atoms with Gasteiger partial charge in [0.05, 0.1) is 0 Å². The molecule has 0 saturated carbocycles. The average Bonchev–Trinajstić information content (AvgIpc) is 2.60. The molecular formula is C21H25NO4. The van der Waals surface area contributed by atoms with E-state index in [9.17, 15) is 9.59 Å². The number of amides is 1. The lowest BCUT2D eigenvalue weighted by Gasteiger charge is -2.19. The van der Waals surface area contributed by atoms with Crippen molar-refractivity contribution in [2.45, 2.75) is 39.2 Å². The van der Waals surface area contributed by atoms with Crippen molar-refractivity contribution in [1.82, 2.24) is 0 Å². The molecule has 0 bridgehead atoms. The first-order valence-corrected chi connectivity index (χ1v) is 8.54. The maximum atomic E-state index is 12.0. The van der Waals surface area contributed by atoms with Crippen LogP contribution in [0.4, 0.5) is 5.69 Å². The Morgan fingerprint density at radius 2 is 1.62 bits per heavy atom. The molecule has 0 heterocycles. The summed E-state index contributed by atoms with van der Waals surface area (Å²) in [5, 5.41) is 2.71. The standard InChI is InChI=1S/C21H25NO4/c1-15(26-18-8-6-5-7-9-18)20(24)25-14-19(23)22-17-12-10-16(11-13-17)21(2,3)4/h5-13,15H,14H2,1-4H3,(H,22,23)/t15-/m0/s1. The number of rotatable bonds is 6. The molecule has 0 aliphatic carbocycles. The van der Waals surface area contributed by atoms with Crippen molar-refractivity contribution in [3.63, 3.8) is 0 Å². The molecule has 5 heteroatoms. The molecule has 2 aromatic rings. The van der Waals surface area contributed by atoms with E-state index in [1.165, 1.54) is 5.56 Å². The smallest absolute Gasteiger partial charge is 0.347 e. The highest BCUT2D eigenvalue weighted by molar-refractivity contribution is 5.93. The van der Waals surface area contributed by atoms with Crippen LogP contribution in [-0.2, 0) is 19.7 Å². The summed E-state index contributed by atoms with van der Waals surface area (Å²) < 4.78 is 10.5. The lowest BCUT2D eigenvalue weighted by atomic mass is 9.87. The largest absolute Gasteiger partial charge is 0.479 e. The van der Waals surface area contributed by atoms with E-state index in [0.29, 0.717) is 11.4 Å². The second-order valence-corrected chi connectivity index (χ2v) is 7.06. The van der Waals surface area contributed by atoms with Crippen LogP contribution in [0, 0.1) is 0 Å². The molecule has 26 heavy (non-hydrogen) atoms. The summed E-state index contributed by atoms with van der Waals surface area (Å²) in [7, 11) is 0.